The second-order valence-electron chi connectivity index (χ2n) is 2.51. The van der Waals surface area contributed by atoms with E-state index in [-0.39, 0.29) is 0 Å². The van der Waals surface area contributed by atoms with E-state index in [2.05, 4.69) is 9.97 Å². The van der Waals surface area contributed by atoms with E-state index in [1.807, 2.05) is 33.8 Å². The second-order valence-corrected chi connectivity index (χ2v) is 2.51. The monoisotopic (exact) mass is 178 g/mol. The highest BCUT2D eigenvalue weighted by atomic mass is 16.3. The Bertz CT molecular complexity index is 393. The Balaban J connectivity index is 0.000000396. The van der Waals surface area contributed by atoms with Gasteiger partial charge in [0.05, 0.1) is 0 Å². The zero-order valence-electron chi connectivity index (χ0n) is 8.46. The molecule has 0 N–H and O–H groups in total. The van der Waals surface area contributed by atoms with Crippen molar-refractivity contribution in [2.24, 2.45) is 0 Å². The van der Waals surface area contributed by atoms with Gasteiger partial charge < -0.3 is 4.42 Å². The minimum Gasteiger partial charge on any atom is -0.439 e. The summed E-state index contributed by atoms with van der Waals surface area (Å²) in [7, 11) is 0. The molecule has 0 bridgehead atoms. The second kappa shape index (κ2) is 4.03. The van der Waals surface area contributed by atoms with Crippen LogP contribution in [0.3, 0.4) is 0 Å². The van der Waals surface area contributed by atoms with Crippen LogP contribution in [-0.4, -0.2) is 9.97 Å². The summed E-state index contributed by atoms with van der Waals surface area (Å²) in [5.74, 6) is 0.668. The van der Waals surface area contributed by atoms with Gasteiger partial charge in [0.2, 0.25) is 0 Å². The molecule has 2 heterocycles. The Morgan fingerprint density at radius 3 is 2.54 bits per heavy atom. The van der Waals surface area contributed by atoms with E-state index < -0.39 is 0 Å². The smallest absolute Gasteiger partial charge is 0.199 e. The molecule has 0 saturated heterocycles. The molecule has 0 aliphatic rings. The van der Waals surface area contributed by atoms with Crippen molar-refractivity contribution in [2.75, 3.05) is 0 Å². The fraction of sp³-hybridized carbons (Fsp3) is 0.400. The van der Waals surface area contributed by atoms with Crippen molar-refractivity contribution in [3.63, 3.8) is 0 Å². The number of rotatable bonds is 0. The predicted molar refractivity (Wildman–Crippen MR) is 52.6 cm³/mol. The number of hydrogen-bond acceptors (Lipinski definition) is 3. The van der Waals surface area contributed by atoms with Crippen molar-refractivity contribution >= 4 is 11.2 Å². The predicted octanol–water partition coefficient (Wildman–Crippen LogP) is 2.87. The number of fused-ring (bicyclic) bond motifs is 1. The van der Waals surface area contributed by atoms with Crippen LogP contribution in [0, 0.1) is 13.8 Å². The summed E-state index contributed by atoms with van der Waals surface area (Å²) in [6.45, 7) is 7.80. The van der Waals surface area contributed by atoms with Crippen LogP contribution in [0.1, 0.15) is 25.3 Å². The number of aromatic nitrogens is 2. The maximum atomic E-state index is 5.33. The third-order valence-corrected chi connectivity index (χ3v) is 1.60. The first-order chi connectivity index (χ1) is 6.27. The SMILES string of the molecule is CC.Cc1nc2nccc(C)c2o1. The molecular formula is C10H14N2O. The lowest BCUT2D eigenvalue weighted by Gasteiger charge is -1.88. The number of hydrogen-bond donors (Lipinski definition) is 0. The maximum Gasteiger partial charge on any atom is 0.199 e. The molecule has 70 valence electrons. The van der Waals surface area contributed by atoms with Crippen molar-refractivity contribution in [3.8, 4) is 0 Å². The first-order valence-corrected chi connectivity index (χ1v) is 4.46. The first-order valence-electron chi connectivity index (χ1n) is 4.46. The van der Waals surface area contributed by atoms with Gasteiger partial charge in [-0.1, -0.05) is 13.8 Å². The van der Waals surface area contributed by atoms with E-state index in [0.717, 1.165) is 11.1 Å². The fourth-order valence-corrected chi connectivity index (χ4v) is 1.06. The molecule has 0 amide bonds. The van der Waals surface area contributed by atoms with Crippen molar-refractivity contribution in [1.29, 1.82) is 0 Å². The van der Waals surface area contributed by atoms with Crippen LogP contribution >= 0.6 is 0 Å². The van der Waals surface area contributed by atoms with E-state index in [0.29, 0.717) is 11.5 Å². The number of oxazole rings is 1. The van der Waals surface area contributed by atoms with Gasteiger partial charge in [-0.3, -0.25) is 0 Å². The Hall–Kier alpha value is -1.38. The van der Waals surface area contributed by atoms with Crippen molar-refractivity contribution < 1.29 is 4.42 Å². The van der Waals surface area contributed by atoms with Crippen molar-refractivity contribution in [3.05, 3.63) is 23.7 Å². The maximum absolute atomic E-state index is 5.33. The van der Waals surface area contributed by atoms with Gasteiger partial charge in [-0.15, -0.1) is 0 Å². The van der Waals surface area contributed by atoms with Gasteiger partial charge >= 0.3 is 0 Å². The Morgan fingerprint density at radius 1 is 1.23 bits per heavy atom. The molecule has 2 aromatic rings. The van der Waals surface area contributed by atoms with Crippen LogP contribution in [0.15, 0.2) is 16.7 Å². The van der Waals surface area contributed by atoms with Gasteiger partial charge in [0, 0.05) is 13.1 Å². The number of pyridine rings is 1. The minimum atomic E-state index is 0.668. The van der Waals surface area contributed by atoms with Crippen LogP contribution in [-0.2, 0) is 0 Å². The van der Waals surface area contributed by atoms with E-state index in [9.17, 15) is 0 Å². The molecule has 3 nitrogen and oxygen atoms in total. The summed E-state index contributed by atoms with van der Waals surface area (Å²) in [5.41, 5.74) is 2.57. The molecular weight excluding hydrogens is 164 g/mol. The normalized spacial score (nSPS) is 9.54. The van der Waals surface area contributed by atoms with Gasteiger partial charge in [0.1, 0.15) is 0 Å². The molecule has 2 rings (SSSR count). The van der Waals surface area contributed by atoms with Gasteiger partial charge in [0.25, 0.3) is 0 Å². The zero-order chi connectivity index (χ0) is 9.84. The summed E-state index contributed by atoms with van der Waals surface area (Å²) >= 11 is 0. The molecule has 0 aromatic carbocycles. The summed E-state index contributed by atoms with van der Waals surface area (Å²) in [6.07, 6.45) is 1.74. The lowest BCUT2D eigenvalue weighted by molar-refractivity contribution is 0.559. The van der Waals surface area contributed by atoms with Gasteiger partial charge in [-0.25, -0.2) is 4.98 Å². The topological polar surface area (TPSA) is 38.9 Å². The fourth-order valence-electron chi connectivity index (χ4n) is 1.06. The lowest BCUT2D eigenvalue weighted by Crippen LogP contribution is -1.77. The summed E-state index contributed by atoms with van der Waals surface area (Å²) < 4.78 is 5.33. The highest BCUT2D eigenvalue weighted by molar-refractivity contribution is 5.71. The minimum absolute atomic E-state index is 0.668. The van der Waals surface area contributed by atoms with Gasteiger partial charge in [-0.2, -0.15) is 4.98 Å². The molecule has 0 spiro atoms. The largest absolute Gasteiger partial charge is 0.439 e. The molecule has 0 saturated carbocycles. The first kappa shape index (κ1) is 9.71. The average Bonchev–Trinajstić information content (AvgIpc) is 2.51. The van der Waals surface area contributed by atoms with Gasteiger partial charge in [-0.05, 0) is 18.6 Å². The van der Waals surface area contributed by atoms with Crippen LogP contribution in [0.4, 0.5) is 0 Å². The molecule has 0 aliphatic carbocycles. The van der Waals surface area contributed by atoms with Crippen LogP contribution < -0.4 is 0 Å². The van der Waals surface area contributed by atoms with Crippen LogP contribution in [0.5, 0.6) is 0 Å². The molecule has 0 aliphatic heterocycles. The summed E-state index contributed by atoms with van der Waals surface area (Å²) in [4.78, 5) is 8.15. The Labute approximate surface area is 77.8 Å². The van der Waals surface area contributed by atoms with E-state index >= 15 is 0 Å². The molecule has 0 fully saturated rings. The lowest BCUT2D eigenvalue weighted by atomic mass is 10.3. The quantitative estimate of drug-likeness (QED) is 0.622. The summed E-state index contributed by atoms with van der Waals surface area (Å²) in [5, 5.41) is 0. The van der Waals surface area contributed by atoms with Crippen molar-refractivity contribution in [1.82, 2.24) is 9.97 Å². The van der Waals surface area contributed by atoms with Crippen molar-refractivity contribution in [2.45, 2.75) is 27.7 Å². The molecule has 0 radical (unpaired) electrons. The van der Waals surface area contributed by atoms with E-state index in [1.165, 1.54) is 0 Å². The van der Waals surface area contributed by atoms with Crippen LogP contribution in [0.25, 0.3) is 11.2 Å². The summed E-state index contributed by atoms with van der Waals surface area (Å²) in [6, 6.07) is 1.91. The van der Waals surface area contributed by atoms with E-state index in [4.69, 9.17) is 4.42 Å². The van der Waals surface area contributed by atoms with Crippen LogP contribution in [0.2, 0.25) is 0 Å². The Morgan fingerprint density at radius 2 is 1.92 bits per heavy atom. The van der Waals surface area contributed by atoms with Gasteiger partial charge in [0.15, 0.2) is 17.1 Å². The third kappa shape index (κ3) is 1.86. The molecule has 0 unspecified atom stereocenters. The Kier molecular flexibility index (Phi) is 3.01. The average molecular weight is 178 g/mol. The highest BCUT2D eigenvalue weighted by Gasteiger charge is 2.03. The molecule has 2 aromatic heterocycles. The third-order valence-electron chi connectivity index (χ3n) is 1.60. The highest BCUT2D eigenvalue weighted by Crippen LogP contribution is 2.15. The number of nitrogens with zero attached hydrogens (tertiary/aromatic N) is 2. The molecule has 13 heavy (non-hydrogen) atoms. The molecule has 3 heteroatoms. The number of aryl methyl sites for hydroxylation is 2. The van der Waals surface area contributed by atoms with E-state index in [1.54, 1.807) is 6.20 Å². The standard InChI is InChI=1S/C8H8N2O.C2H6/c1-5-3-4-9-8-7(5)11-6(2)10-8;1-2/h3-4H,1-2H3;1-2H3. The zero-order valence-corrected chi connectivity index (χ0v) is 8.46. The molecule has 0 atom stereocenters.